The summed E-state index contributed by atoms with van der Waals surface area (Å²) in [6, 6.07) is 9.67. The molecule has 1 aromatic carbocycles. The maximum Gasteiger partial charge on any atom is 0.431 e. The zero-order valence-electron chi connectivity index (χ0n) is 8.63. The SMILES string of the molecule is O=C(O)N=C1CC=CC=C1c1ccccc1. The third-order valence-corrected chi connectivity index (χ3v) is 2.34. The minimum absolute atomic E-state index is 0.563. The van der Waals surface area contributed by atoms with Gasteiger partial charge in [0.05, 0.1) is 5.71 Å². The lowest BCUT2D eigenvalue weighted by atomic mass is 9.95. The van der Waals surface area contributed by atoms with Gasteiger partial charge in [0.2, 0.25) is 0 Å². The molecule has 0 heterocycles. The lowest BCUT2D eigenvalue weighted by molar-refractivity contribution is 0.205. The van der Waals surface area contributed by atoms with Crippen molar-refractivity contribution in [3.05, 3.63) is 54.1 Å². The Morgan fingerprint density at radius 1 is 1.25 bits per heavy atom. The molecule has 0 saturated carbocycles. The van der Waals surface area contributed by atoms with Crippen molar-refractivity contribution < 1.29 is 9.90 Å². The van der Waals surface area contributed by atoms with E-state index in [0.29, 0.717) is 12.1 Å². The van der Waals surface area contributed by atoms with Gasteiger partial charge in [-0.05, 0) is 5.56 Å². The summed E-state index contributed by atoms with van der Waals surface area (Å²) in [6.45, 7) is 0. The Kier molecular flexibility index (Phi) is 2.96. The molecule has 1 aliphatic rings. The number of carbonyl (C=O) groups is 1. The summed E-state index contributed by atoms with van der Waals surface area (Å²) >= 11 is 0. The minimum atomic E-state index is -1.15. The van der Waals surface area contributed by atoms with Crippen molar-refractivity contribution >= 4 is 17.4 Å². The number of rotatable bonds is 1. The molecule has 3 nitrogen and oxygen atoms in total. The minimum Gasteiger partial charge on any atom is -0.463 e. The molecule has 0 radical (unpaired) electrons. The van der Waals surface area contributed by atoms with Gasteiger partial charge in [-0.1, -0.05) is 48.6 Å². The first-order valence-corrected chi connectivity index (χ1v) is 5.00. The average molecular weight is 213 g/mol. The summed E-state index contributed by atoms with van der Waals surface area (Å²) in [6.07, 6.45) is 5.12. The first kappa shape index (κ1) is 10.4. The summed E-state index contributed by atoms with van der Waals surface area (Å²) in [5.74, 6) is 0. The van der Waals surface area contributed by atoms with E-state index in [1.54, 1.807) is 0 Å². The molecule has 0 aliphatic heterocycles. The topological polar surface area (TPSA) is 49.7 Å². The quantitative estimate of drug-likeness (QED) is 0.779. The van der Waals surface area contributed by atoms with Crippen molar-refractivity contribution in [2.24, 2.45) is 4.99 Å². The highest BCUT2D eigenvalue weighted by Crippen LogP contribution is 2.21. The third-order valence-electron chi connectivity index (χ3n) is 2.34. The summed E-state index contributed by atoms with van der Waals surface area (Å²) in [4.78, 5) is 14.2. The number of allylic oxidation sites excluding steroid dienone is 4. The Bertz CT molecular complexity index is 484. The molecule has 0 unspecified atom stereocenters. The van der Waals surface area contributed by atoms with E-state index in [1.807, 2.05) is 48.6 Å². The molecule has 0 spiro atoms. The average Bonchev–Trinajstić information content (AvgIpc) is 2.30. The largest absolute Gasteiger partial charge is 0.463 e. The molecular formula is C13H11NO2. The van der Waals surface area contributed by atoms with Crippen molar-refractivity contribution in [1.29, 1.82) is 0 Å². The van der Waals surface area contributed by atoms with Crippen LogP contribution in [0.15, 0.2) is 53.6 Å². The molecule has 0 atom stereocenters. The Balaban J connectivity index is 2.41. The fourth-order valence-electron chi connectivity index (χ4n) is 1.65. The molecule has 1 amide bonds. The zero-order chi connectivity index (χ0) is 11.4. The molecule has 1 N–H and O–H groups in total. The van der Waals surface area contributed by atoms with Crippen molar-refractivity contribution in [1.82, 2.24) is 0 Å². The number of amides is 1. The molecule has 0 bridgehead atoms. The Morgan fingerprint density at radius 2 is 2.00 bits per heavy atom. The van der Waals surface area contributed by atoms with Crippen LogP contribution in [0.1, 0.15) is 12.0 Å². The van der Waals surface area contributed by atoms with Crippen LogP contribution < -0.4 is 0 Å². The summed E-state index contributed by atoms with van der Waals surface area (Å²) in [5, 5.41) is 8.69. The van der Waals surface area contributed by atoms with E-state index in [9.17, 15) is 4.79 Å². The molecule has 3 heteroatoms. The Hall–Kier alpha value is -2.16. The lowest BCUT2D eigenvalue weighted by Crippen LogP contribution is -2.06. The van der Waals surface area contributed by atoms with E-state index in [-0.39, 0.29) is 0 Å². The van der Waals surface area contributed by atoms with Gasteiger partial charge in [0.25, 0.3) is 0 Å². The first-order chi connectivity index (χ1) is 7.77. The molecular weight excluding hydrogens is 202 g/mol. The van der Waals surface area contributed by atoms with Crippen LogP contribution in [0.5, 0.6) is 0 Å². The van der Waals surface area contributed by atoms with E-state index in [2.05, 4.69) is 4.99 Å². The number of hydrogen-bond acceptors (Lipinski definition) is 1. The fraction of sp³-hybridized carbons (Fsp3) is 0.0769. The first-order valence-electron chi connectivity index (χ1n) is 5.00. The number of benzene rings is 1. The second-order valence-electron chi connectivity index (χ2n) is 3.42. The molecule has 0 fully saturated rings. The van der Waals surface area contributed by atoms with E-state index in [0.717, 1.165) is 11.1 Å². The number of hydrogen-bond donors (Lipinski definition) is 1. The standard InChI is InChI=1S/C13H11NO2/c15-13(16)14-12-9-5-4-8-11(12)10-6-2-1-3-7-10/h1-8H,9H2,(H,15,16). The molecule has 80 valence electrons. The van der Waals surface area contributed by atoms with Gasteiger partial charge >= 0.3 is 6.09 Å². The van der Waals surface area contributed by atoms with Crippen LogP contribution in [0.25, 0.3) is 5.57 Å². The predicted molar refractivity (Wildman–Crippen MR) is 63.6 cm³/mol. The monoisotopic (exact) mass is 213 g/mol. The van der Waals surface area contributed by atoms with Crippen molar-refractivity contribution in [2.45, 2.75) is 6.42 Å². The smallest absolute Gasteiger partial charge is 0.431 e. The summed E-state index contributed by atoms with van der Waals surface area (Å²) < 4.78 is 0. The van der Waals surface area contributed by atoms with Crippen LogP contribution in [0.3, 0.4) is 0 Å². The van der Waals surface area contributed by atoms with E-state index in [4.69, 9.17) is 5.11 Å². The highest BCUT2D eigenvalue weighted by Gasteiger charge is 2.11. The van der Waals surface area contributed by atoms with Gasteiger partial charge in [-0.3, -0.25) is 0 Å². The van der Waals surface area contributed by atoms with E-state index in [1.165, 1.54) is 0 Å². The number of aliphatic imine (C=N–C) groups is 1. The second-order valence-corrected chi connectivity index (χ2v) is 3.42. The van der Waals surface area contributed by atoms with Crippen LogP contribution in [0, 0.1) is 0 Å². The molecule has 0 saturated heterocycles. The highest BCUT2D eigenvalue weighted by molar-refractivity contribution is 6.27. The fourth-order valence-corrected chi connectivity index (χ4v) is 1.65. The van der Waals surface area contributed by atoms with Gasteiger partial charge in [0, 0.05) is 12.0 Å². The van der Waals surface area contributed by atoms with Crippen molar-refractivity contribution in [3.63, 3.8) is 0 Å². The van der Waals surface area contributed by atoms with Crippen LogP contribution in [0.4, 0.5) is 4.79 Å². The maximum absolute atomic E-state index is 10.6. The van der Waals surface area contributed by atoms with Gasteiger partial charge in [-0.2, -0.15) is 4.99 Å². The normalized spacial score (nSPS) is 17.2. The van der Waals surface area contributed by atoms with Gasteiger partial charge < -0.3 is 5.11 Å². The van der Waals surface area contributed by atoms with Crippen LogP contribution >= 0.6 is 0 Å². The summed E-state index contributed by atoms with van der Waals surface area (Å²) in [7, 11) is 0. The van der Waals surface area contributed by atoms with E-state index < -0.39 is 6.09 Å². The van der Waals surface area contributed by atoms with Crippen LogP contribution in [0.2, 0.25) is 0 Å². The molecule has 16 heavy (non-hydrogen) atoms. The van der Waals surface area contributed by atoms with Crippen molar-refractivity contribution in [3.8, 4) is 0 Å². The molecule has 1 aliphatic carbocycles. The van der Waals surface area contributed by atoms with Gasteiger partial charge in [0.15, 0.2) is 0 Å². The predicted octanol–water partition coefficient (Wildman–Crippen LogP) is 3.15. The van der Waals surface area contributed by atoms with Gasteiger partial charge in [-0.15, -0.1) is 0 Å². The second kappa shape index (κ2) is 4.57. The van der Waals surface area contributed by atoms with E-state index >= 15 is 0 Å². The van der Waals surface area contributed by atoms with Crippen LogP contribution in [-0.2, 0) is 0 Å². The maximum atomic E-state index is 10.6. The zero-order valence-corrected chi connectivity index (χ0v) is 8.63. The third kappa shape index (κ3) is 2.25. The molecule has 0 aromatic heterocycles. The van der Waals surface area contributed by atoms with Crippen LogP contribution in [-0.4, -0.2) is 16.9 Å². The number of carboxylic acid groups (broad SMARTS) is 1. The lowest BCUT2D eigenvalue weighted by Gasteiger charge is -2.11. The Morgan fingerprint density at radius 3 is 2.69 bits per heavy atom. The molecule has 2 rings (SSSR count). The van der Waals surface area contributed by atoms with Gasteiger partial charge in [0.1, 0.15) is 0 Å². The Labute approximate surface area is 93.5 Å². The molecule has 1 aromatic rings. The summed E-state index contributed by atoms with van der Waals surface area (Å²) in [5.41, 5.74) is 2.47. The van der Waals surface area contributed by atoms with Crippen molar-refractivity contribution in [2.75, 3.05) is 0 Å². The number of nitrogens with zero attached hydrogens (tertiary/aromatic N) is 1. The van der Waals surface area contributed by atoms with Gasteiger partial charge in [-0.25, -0.2) is 4.79 Å². The highest BCUT2D eigenvalue weighted by atomic mass is 16.4.